The lowest BCUT2D eigenvalue weighted by Gasteiger charge is -2.23. The number of carbonyl (C=O) groups is 1. The maximum Gasteiger partial charge on any atom is 0.439 e. The molecule has 116 valence electrons. The third kappa shape index (κ3) is 6.92. The first-order valence-electron chi connectivity index (χ1n) is 6.82. The molecular weight excluding hydrogens is 270 g/mol. The summed E-state index contributed by atoms with van der Waals surface area (Å²) in [6, 6.07) is 8.99. The summed E-state index contributed by atoms with van der Waals surface area (Å²) in [5.74, 6) is 0. The zero-order valence-electron chi connectivity index (χ0n) is 12.7. The molecule has 2 atom stereocenters. The first kappa shape index (κ1) is 17.2. The van der Waals surface area contributed by atoms with Crippen LogP contribution >= 0.6 is 0 Å². The summed E-state index contributed by atoms with van der Waals surface area (Å²) < 4.78 is 0. The van der Waals surface area contributed by atoms with Crippen LogP contribution < -0.4 is 5.32 Å². The standard InChI is InChI=1S/C16H23NO4/c1-5-14(18)13(11-12-9-7-6-8-10-12)17-15(19)20-21-16(2,3)4/h5-10,13-14,18H,1,11H2,2-4H3,(H,17,19)/t13-,14-/m0/s1. The Morgan fingerprint density at radius 2 is 2.00 bits per heavy atom. The van der Waals surface area contributed by atoms with Gasteiger partial charge >= 0.3 is 6.09 Å². The van der Waals surface area contributed by atoms with Crippen molar-refractivity contribution in [3.63, 3.8) is 0 Å². The Hall–Kier alpha value is -1.85. The monoisotopic (exact) mass is 293 g/mol. The summed E-state index contributed by atoms with van der Waals surface area (Å²) in [4.78, 5) is 21.3. The summed E-state index contributed by atoms with van der Waals surface area (Å²) in [5, 5.41) is 12.5. The van der Waals surface area contributed by atoms with Crippen LogP contribution in [0.5, 0.6) is 0 Å². The van der Waals surface area contributed by atoms with Crippen molar-refractivity contribution < 1.29 is 19.7 Å². The van der Waals surface area contributed by atoms with E-state index in [4.69, 9.17) is 4.89 Å². The smallest absolute Gasteiger partial charge is 0.387 e. The third-order valence-electron chi connectivity index (χ3n) is 2.62. The number of hydrogen-bond donors (Lipinski definition) is 2. The topological polar surface area (TPSA) is 67.8 Å². The van der Waals surface area contributed by atoms with Gasteiger partial charge in [0.25, 0.3) is 0 Å². The van der Waals surface area contributed by atoms with E-state index in [2.05, 4.69) is 16.8 Å². The molecule has 0 heterocycles. The van der Waals surface area contributed by atoms with Crippen molar-refractivity contribution in [1.29, 1.82) is 0 Å². The van der Waals surface area contributed by atoms with Crippen molar-refractivity contribution in [1.82, 2.24) is 5.32 Å². The molecule has 0 fully saturated rings. The van der Waals surface area contributed by atoms with Gasteiger partial charge in [0, 0.05) is 0 Å². The molecule has 0 saturated carbocycles. The molecule has 1 aromatic rings. The molecule has 0 aliphatic rings. The third-order valence-corrected chi connectivity index (χ3v) is 2.62. The summed E-state index contributed by atoms with van der Waals surface area (Å²) in [6.45, 7) is 8.83. The van der Waals surface area contributed by atoms with Crippen LogP contribution in [-0.2, 0) is 16.2 Å². The highest BCUT2D eigenvalue weighted by Gasteiger charge is 2.22. The van der Waals surface area contributed by atoms with E-state index in [0.29, 0.717) is 6.42 Å². The van der Waals surface area contributed by atoms with E-state index >= 15 is 0 Å². The molecule has 0 unspecified atom stereocenters. The van der Waals surface area contributed by atoms with Gasteiger partial charge in [-0.25, -0.2) is 4.79 Å². The number of rotatable bonds is 6. The van der Waals surface area contributed by atoms with Gasteiger partial charge in [-0.2, -0.15) is 4.89 Å². The van der Waals surface area contributed by atoms with Crippen molar-refractivity contribution >= 4 is 6.09 Å². The minimum absolute atomic E-state index is 0.457. The van der Waals surface area contributed by atoms with Crippen LogP contribution in [0.3, 0.4) is 0 Å². The fourth-order valence-electron chi connectivity index (χ4n) is 1.63. The van der Waals surface area contributed by atoms with Gasteiger partial charge in [0.1, 0.15) is 5.60 Å². The SMILES string of the molecule is C=C[C@H](O)[C@H](Cc1ccccc1)NC(=O)OOC(C)(C)C. The normalized spacial score (nSPS) is 14.1. The summed E-state index contributed by atoms with van der Waals surface area (Å²) in [5.41, 5.74) is 0.393. The Morgan fingerprint density at radius 1 is 1.38 bits per heavy atom. The van der Waals surface area contributed by atoms with E-state index in [-0.39, 0.29) is 0 Å². The van der Waals surface area contributed by atoms with Crippen LogP contribution in [0, 0.1) is 0 Å². The minimum atomic E-state index is -0.882. The quantitative estimate of drug-likeness (QED) is 0.480. The van der Waals surface area contributed by atoms with Crippen molar-refractivity contribution in [2.24, 2.45) is 0 Å². The van der Waals surface area contributed by atoms with E-state index < -0.39 is 23.8 Å². The van der Waals surface area contributed by atoms with Gasteiger partial charge in [0.2, 0.25) is 0 Å². The summed E-state index contributed by atoms with van der Waals surface area (Å²) >= 11 is 0. The molecule has 1 rings (SSSR count). The van der Waals surface area contributed by atoms with Crippen molar-refractivity contribution in [2.45, 2.75) is 44.9 Å². The van der Waals surface area contributed by atoms with Crippen LogP contribution in [0.25, 0.3) is 0 Å². The lowest BCUT2D eigenvalue weighted by molar-refractivity contribution is -0.300. The van der Waals surface area contributed by atoms with E-state index in [0.717, 1.165) is 5.56 Å². The second kappa shape index (κ2) is 7.81. The molecule has 0 bridgehead atoms. The zero-order chi connectivity index (χ0) is 15.9. The lowest BCUT2D eigenvalue weighted by Crippen LogP contribution is -2.44. The molecule has 0 aliphatic carbocycles. The van der Waals surface area contributed by atoms with Gasteiger partial charge in [0.05, 0.1) is 12.1 Å². The van der Waals surface area contributed by atoms with Crippen LogP contribution in [0.4, 0.5) is 4.79 Å². The van der Waals surface area contributed by atoms with Crippen molar-refractivity contribution in [3.8, 4) is 0 Å². The number of amides is 1. The fourth-order valence-corrected chi connectivity index (χ4v) is 1.63. The molecule has 5 nitrogen and oxygen atoms in total. The first-order chi connectivity index (χ1) is 9.81. The van der Waals surface area contributed by atoms with Gasteiger partial charge < -0.3 is 10.4 Å². The average molecular weight is 293 g/mol. The molecule has 21 heavy (non-hydrogen) atoms. The number of benzene rings is 1. The van der Waals surface area contributed by atoms with Crippen LogP contribution in [-0.4, -0.2) is 28.9 Å². The molecule has 1 aromatic carbocycles. The molecule has 0 aromatic heterocycles. The average Bonchev–Trinajstić information content (AvgIpc) is 2.44. The van der Waals surface area contributed by atoms with Gasteiger partial charge in [-0.1, -0.05) is 36.4 Å². The fraction of sp³-hybridized carbons (Fsp3) is 0.438. The molecule has 0 radical (unpaired) electrons. The first-order valence-corrected chi connectivity index (χ1v) is 6.82. The Bertz CT molecular complexity index is 453. The Kier molecular flexibility index (Phi) is 6.39. The van der Waals surface area contributed by atoms with E-state index in [1.54, 1.807) is 20.8 Å². The zero-order valence-corrected chi connectivity index (χ0v) is 12.7. The molecule has 1 amide bonds. The van der Waals surface area contributed by atoms with Crippen LogP contribution in [0.1, 0.15) is 26.3 Å². The minimum Gasteiger partial charge on any atom is -0.387 e. The molecule has 0 spiro atoms. The number of aliphatic hydroxyl groups excluding tert-OH is 1. The molecule has 0 aliphatic heterocycles. The van der Waals surface area contributed by atoms with Crippen molar-refractivity contribution in [3.05, 3.63) is 48.6 Å². The van der Waals surface area contributed by atoms with E-state index in [1.165, 1.54) is 6.08 Å². The van der Waals surface area contributed by atoms with Crippen LogP contribution in [0.2, 0.25) is 0 Å². The second-order valence-electron chi connectivity index (χ2n) is 5.73. The Labute approximate surface area is 125 Å². The predicted octanol–water partition coefficient (Wildman–Crippen LogP) is 2.60. The predicted molar refractivity (Wildman–Crippen MR) is 80.6 cm³/mol. The maximum atomic E-state index is 11.7. The highest BCUT2D eigenvalue weighted by Crippen LogP contribution is 2.09. The largest absolute Gasteiger partial charge is 0.439 e. The van der Waals surface area contributed by atoms with E-state index in [9.17, 15) is 9.90 Å². The van der Waals surface area contributed by atoms with E-state index in [1.807, 2.05) is 30.3 Å². The number of hydrogen-bond acceptors (Lipinski definition) is 4. The molecule has 0 saturated heterocycles. The van der Waals surface area contributed by atoms with Gasteiger partial charge in [-0.15, -0.1) is 6.58 Å². The highest BCUT2D eigenvalue weighted by molar-refractivity contribution is 5.67. The lowest BCUT2D eigenvalue weighted by atomic mass is 10.0. The highest BCUT2D eigenvalue weighted by atomic mass is 17.2. The number of carbonyl (C=O) groups excluding carboxylic acids is 1. The number of aliphatic hydroxyl groups is 1. The summed E-state index contributed by atoms with van der Waals surface area (Å²) in [6.07, 6.45) is 0.205. The maximum absolute atomic E-state index is 11.7. The summed E-state index contributed by atoms with van der Waals surface area (Å²) in [7, 11) is 0. The number of nitrogens with one attached hydrogen (secondary N) is 1. The van der Waals surface area contributed by atoms with Crippen LogP contribution in [0.15, 0.2) is 43.0 Å². The molecule has 2 N–H and O–H groups in total. The molecular formula is C16H23NO4. The van der Waals surface area contributed by atoms with Gasteiger partial charge in [-0.3, -0.25) is 4.89 Å². The Morgan fingerprint density at radius 3 is 2.52 bits per heavy atom. The second-order valence-corrected chi connectivity index (χ2v) is 5.73. The molecule has 5 heteroatoms. The van der Waals surface area contributed by atoms with Crippen molar-refractivity contribution in [2.75, 3.05) is 0 Å². The van der Waals surface area contributed by atoms with Gasteiger partial charge in [0.15, 0.2) is 0 Å². The Balaban J connectivity index is 2.62. The van der Waals surface area contributed by atoms with Gasteiger partial charge in [-0.05, 0) is 32.8 Å².